The summed E-state index contributed by atoms with van der Waals surface area (Å²) in [6, 6.07) is 1.88. The maximum absolute atomic E-state index is 13.5. The first-order chi connectivity index (χ1) is 7.69. The van der Waals surface area contributed by atoms with Gasteiger partial charge in [0.25, 0.3) is 0 Å². The van der Waals surface area contributed by atoms with E-state index in [4.69, 9.17) is 5.73 Å². The molecule has 4 nitrogen and oxygen atoms in total. The molecule has 0 saturated heterocycles. The Kier molecular flexibility index (Phi) is 4.27. The second-order valence-electron chi connectivity index (χ2n) is 3.45. The fourth-order valence-electron chi connectivity index (χ4n) is 1.21. The van der Waals surface area contributed by atoms with Crippen LogP contribution < -0.4 is 10.1 Å². The Morgan fingerprint density at radius 2 is 1.82 bits per heavy atom. The molecule has 0 fully saturated rings. The van der Waals surface area contributed by atoms with E-state index in [1.54, 1.807) is 0 Å². The van der Waals surface area contributed by atoms with E-state index >= 15 is 0 Å². The zero-order valence-electron chi connectivity index (χ0n) is 8.83. The zero-order valence-corrected chi connectivity index (χ0v) is 11.7. The molecule has 0 aliphatic heterocycles. The molecular weight excluding hydrogens is 315 g/mol. The molecule has 94 valence electrons. The van der Waals surface area contributed by atoms with Gasteiger partial charge in [0.2, 0.25) is 0 Å². The van der Waals surface area contributed by atoms with Crippen LogP contribution >= 0.6 is 0 Å². The van der Waals surface area contributed by atoms with E-state index in [-0.39, 0.29) is 12.0 Å². The van der Waals surface area contributed by atoms with Crippen LogP contribution in [0, 0.1) is 11.6 Å². The van der Waals surface area contributed by atoms with Gasteiger partial charge in [-0.25, -0.2) is 0 Å². The van der Waals surface area contributed by atoms with E-state index in [1.165, 1.54) is 0 Å². The van der Waals surface area contributed by atoms with Crippen LogP contribution in [0.5, 0.6) is 0 Å². The first-order valence-electron chi connectivity index (χ1n) is 4.43. The number of carbonyl (C=O) groups excluding carboxylic acids is 1. The molecule has 0 bridgehead atoms. The number of hydrogen-bond acceptors (Lipinski definition) is 3. The second kappa shape index (κ2) is 5.14. The van der Waals surface area contributed by atoms with Gasteiger partial charge in [-0.15, -0.1) is 0 Å². The van der Waals surface area contributed by atoms with Gasteiger partial charge in [-0.2, -0.15) is 0 Å². The number of hydrogen-bond donors (Lipinski definition) is 1. The van der Waals surface area contributed by atoms with Crippen LogP contribution in [0.25, 0.3) is 0 Å². The van der Waals surface area contributed by atoms with Crippen LogP contribution in [0.3, 0.4) is 0 Å². The Balaban J connectivity index is 3.15. The quantitative estimate of drug-likeness (QED) is 0.723. The van der Waals surface area contributed by atoms with Crippen molar-refractivity contribution in [1.82, 2.24) is 0 Å². The van der Waals surface area contributed by atoms with Crippen molar-refractivity contribution < 1.29 is 22.0 Å². The molecule has 0 radical (unpaired) electrons. The maximum atomic E-state index is 13.5. The number of nitrogens with two attached hydrogens (primary N) is 1. The fourth-order valence-corrected chi connectivity index (χ4v) is 5.64. The summed E-state index contributed by atoms with van der Waals surface area (Å²) in [5, 5.41) is 0. The Bertz CT molecular complexity index is 536. The number of carbonyl (C=O) groups is 1. The third-order valence-corrected chi connectivity index (χ3v) is 6.96. The van der Waals surface area contributed by atoms with Gasteiger partial charge < -0.3 is 0 Å². The van der Waals surface area contributed by atoms with Crippen molar-refractivity contribution in [2.24, 2.45) is 5.73 Å². The van der Waals surface area contributed by atoms with Crippen molar-refractivity contribution in [2.45, 2.75) is 6.42 Å². The predicted molar refractivity (Wildman–Crippen MR) is 60.9 cm³/mol. The third kappa shape index (κ3) is 4.44. The predicted octanol–water partition coefficient (Wildman–Crippen LogP) is -0.986. The van der Waals surface area contributed by atoms with Crippen molar-refractivity contribution in [3.8, 4) is 0 Å². The van der Waals surface area contributed by atoms with Crippen molar-refractivity contribution >= 4 is 33.0 Å². The molecular formula is C9H10AsF2NO3S. The van der Waals surface area contributed by atoms with Gasteiger partial charge in [-0.1, -0.05) is 0 Å². The molecule has 0 aliphatic rings. The van der Waals surface area contributed by atoms with E-state index in [9.17, 15) is 22.0 Å². The normalized spacial score (nSPS) is 12.2. The molecule has 1 aromatic carbocycles. The Morgan fingerprint density at radius 3 is 2.18 bits per heavy atom. The van der Waals surface area contributed by atoms with Crippen LogP contribution in [0.2, 0.25) is 0 Å². The number of amides is 1. The molecule has 1 aromatic rings. The second-order valence-corrected chi connectivity index (χ2v) is 12.2. The van der Waals surface area contributed by atoms with Gasteiger partial charge in [-0.3, -0.25) is 0 Å². The SMILES string of the molecule is CS(=O)(=O)[AsH]c1c(F)cc(CC(N)=O)cc1F. The van der Waals surface area contributed by atoms with Crippen molar-refractivity contribution in [3.05, 3.63) is 29.3 Å². The Morgan fingerprint density at radius 1 is 1.35 bits per heavy atom. The first-order valence-corrected chi connectivity index (χ1v) is 9.94. The number of benzene rings is 1. The minimum absolute atomic E-state index is 0.0938. The fraction of sp³-hybridized carbons (Fsp3) is 0.222. The molecule has 1 atom stereocenters. The molecule has 1 unspecified atom stereocenters. The molecule has 0 heterocycles. The van der Waals surface area contributed by atoms with Crippen molar-refractivity contribution in [1.29, 1.82) is 0 Å². The molecule has 17 heavy (non-hydrogen) atoms. The van der Waals surface area contributed by atoms with Crippen molar-refractivity contribution in [3.63, 3.8) is 0 Å². The topological polar surface area (TPSA) is 77.2 Å². The zero-order chi connectivity index (χ0) is 13.2. The number of rotatable bonds is 4. The van der Waals surface area contributed by atoms with Gasteiger partial charge >= 0.3 is 103 Å². The van der Waals surface area contributed by atoms with E-state index in [0.717, 1.165) is 18.4 Å². The summed E-state index contributed by atoms with van der Waals surface area (Å²) in [6.07, 6.45) is 0.649. The van der Waals surface area contributed by atoms with Crippen LogP contribution in [0.4, 0.5) is 8.78 Å². The van der Waals surface area contributed by atoms with E-state index in [1.807, 2.05) is 0 Å². The third-order valence-electron chi connectivity index (χ3n) is 1.77. The van der Waals surface area contributed by atoms with Crippen LogP contribution in [0.1, 0.15) is 5.56 Å². The summed E-state index contributed by atoms with van der Waals surface area (Å²) < 4.78 is 48.6. The van der Waals surface area contributed by atoms with Crippen LogP contribution in [0.15, 0.2) is 12.1 Å². The van der Waals surface area contributed by atoms with Gasteiger partial charge in [0.05, 0.1) is 0 Å². The Labute approximate surface area is 103 Å². The summed E-state index contributed by atoms with van der Waals surface area (Å²) >= 11 is -1.93. The average molecular weight is 325 g/mol. The van der Waals surface area contributed by atoms with E-state index in [0.29, 0.717) is 0 Å². The monoisotopic (exact) mass is 325 g/mol. The standard InChI is InChI=1S/C9H10AsF2NO3S/c1-17(15,16)10-9-6(11)2-5(3-7(9)12)4-8(13)14/h2-3,10H,4H2,1H3,(H2,13,14). The molecule has 1 rings (SSSR count). The summed E-state index contributed by atoms with van der Waals surface area (Å²) in [4.78, 5) is 10.6. The van der Waals surface area contributed by atoms with E-state index < -0.39 is 44.6 Å². The summed E-state index contributed by atoms with van der Waals surface area (Å²) in [6.45, 7) is 0. The Hall–Kier alpha value is -0.942. The average Bonchev–Trinajstić information content (AvgIpc) is 2.08. The summed E-state index contributed by atoms with van der Waals surface area (Å²) in [5.74, 6) is -2.59. The number of halogens is 2. The molecule has 0 aliphatic carbocycles. The first kappa shape index (κ1) is 14.1. The minimum atomic E-state index is -3.40. The summed E-state index contributed by atoms with van der Waals surface area (Å²) in [5.41, 5.74) is 4.99. The van der Waals surface area contributed by atoms with Gasteiger partial charge in [0, 0.05) is 0 Å². The molecule has 1 amide bonds. The number of primary amides is 1. The van der Waals surface area contributed by atoms with E-state index in [2.05, 4.69) is 0 Å². The van der Waals surface area contributed by atoms with Crippen LogP contribution in [-0.2, 0) is 19.3 Å². The molecule has 8 heteroatoms. The van der Waals surface area contributed by atoms with Crippen LogP contribution in [-0.4, -0.2) is 35.2 Å². The van der Waals surface area contributed by atoms with Gasteiger partial charge in [0.15, 0.2) is 0 Å². The summed E-state index contributed by atoms with van der Waals surface area (Å²) in [7, 11) is -3.40. The van der Waals surface area contributed by atoms with Crippen molar-refractivity contribution in [2.75, 3.05) is 6.26 Å². The molecule has 0 aromatic heterocycles. The molecule has 2 N–H and O–H groups in total. The molecule has 0 spiro atoms. The van der Waals surface area contributed by atoms with Gasteiger partial charge in [0.1, 0.15) is 0 Å². The molecule has 0 saturated carbocycles. The van der Waals surface area contributed by atoms with Gasteiger partial charge in [-0.05, 0) is 0 Å².